The number of ether oxygens (including phenoxy) is 1. The fraction of sp³-hybridized carbons (Fsp3) is 0.294. The van der Waals surface area contributed by atoms with Gasteiger partial charge in [-0.2, -0.15) is 8.78 Å². The van der Waals surface area contributed by atoms with Gasteiger partial charge in [-0.05, 0) is 25.1 Å². The first-order chi connectivity index (χ1) is 12.5. The lowest BCUT2D eigenvalue weighted by Gasteiger charge is -2.12. The van der Waals surface area contributed by atoms with Crippen LogP contribution in [0.4, 0.5) is 8.78 Å². The summed E-state index contributed by atoms with van der Waals surface area (Å²) in [6.45, 7) is 0.0105. The number of halogens is 3. The Labute approximate surface area is 172 Å². The third kappa shape index (κ3) is 7.41. The number of amides is 1. The van der Waals surface area contributed by atoms with Gasteiger partial charge in [-0.1, -0.05) is 18.2 Å². The zero-order valence-corrected chi connectivity index (χ0v) is 16.9. The van der Waals surface area contributed by atoms with Crippen LogP contribution in [0, 0.1) is 0 Å². The Balaban J connectivity index is 0.00000364. The minimum absolute atomic E-state index is 0. The summed E-state index contributed by atoms with van der Waals surface area (Å²) in [7, 11) is 0. The predicted octanol–water partition coefficient (Wildman–Crippen LogP) is 2.85. The molecule has 1 aromatic carbocycles. The number of furan rings is 1. The maximum Gasteiger partial charge on any atom is 0.387 e. The van der Waals surface area contributed by atoms with Gasteiger partial charge >= 0.3 is 6.61 Å². The molecule has 0 aliphatic carbocycles. The summed E-state index contributed by atoms with van der Waals surface area (Å²) in [5.41, 5.74) is 5.66. The van der Waals surface area contributed by atoms with Crippen LogP contribution in [0.1, 0.15) is 28.8 Å². The van der Waals surface area contributed by atoms with Crippen molar-refractivity contribution in [1.82, 2.24) is 10.6 Å². The van der Waals surface area contributed by atoms with E-state index < -0.39 is 12.5 Å². The van der Waals surface area contributed by atoms with Gasteiger partial charge in [-0.25, -0.2) is 4.99 Å². The largest absolute Gasteiger partial charge is 0.454 e. The number of hydrogen-bond donors (Lipinski definition) is 3. The molecular weight excluding hydrogens is 473 g/mol. The molecule has 2 rings (SSSR count). The highest BCUT2D eigenvalue weighted by atomic mass is 127. The third-order valence-electron chi connectivity index (χ3n) is 3.27. The summed E-state index contributed by atoms with van der Waals surface area (Å²) in [4.78, 5) is 15.4. The van der Waals surface area contributed by atoms with E-state index in [0.717, 1.165) is 0 Å². The van der Waals surface area contributed by atoms with Crippen molar-refractivity contribution in [3.8, 4) is 5.75 Å². The molecule has 27 heavy (non-hydrogen) atoms. The first-order valence-corrected chi connectivity index (χ1v) is 7.93. The first-order valence-electron chi connectivity index (χ1n) is 7.93. The van der Waals surface area contributed by atoms with Gasteiger partial charge in [-0.15, -0.1) is 24.0 Å². The molecule has 1 heterocycles. The molecule has 0 aliphatic rings. The van der Waals surface area contributed by atoms with Gasteiger partial charge in [0.25, 0.3) is 5.91 Å². The zero-order valence-electron chi connectivity index (χ0n) is 14.6. The summed E-state index contributed by atoms with van der Waals surface area (Å²) >= 11 is 0. The second-order valence-corrected chi connectivity index (χ2v) is 5.17. The fourth-order valence-electron chi connectivity index (χ4n) is 2.13. The lowest BCUT2D eigenvalue weighted by molar-refractivity contribution is -0.0504. The molecule has 0 saturated heterocycles. The normalized spacial score (nSPS) is 11.0. The number of nitrogens with two attached hydrogens (primary N) is 1. The Hall–Kier alpha value is -2.37. The molecular formula is C17H21F2IN4O3. The minimum Gasteiger partial charge on any atom is -0.454 e. The Kier molecular flexibility index (Phi) is 9.54. The summed E-state index contributed by atoms with van der Waals surface area (Å²) in [5.74, 6) is 0.468. The second-order valence-electron chi connectivity index (χ2n) is 5.17. The maximum atomic E-state index is 12.5. The highest BCUT2D eigenvalue weighted by Crippen LogP contribution is 2.20. The molecule has 0 radical (unpaired) electrons. The molecule has 1 aromatic heterocycles. The van der Waals surface area contributed by atoms with E-state index in [9.17, 15) is 13.6 Å². The summed E-state index contributed by atoms with van der Waals surface area (Å²) in [6, 6.07) is 9.57. The number of carbonyl (C=O) groups excluding carboxylic acids is 1. The molecule has 2 aromatic rings. The number of nitrogens with zero attached hydrogens (tertiary/aromatic N) is 1. The molecule has 0 aliphatic heterocycles. The summed E-state index contributed by atoms with van der Waals surface area (Å²) in [6.07, 6.45) is 0. The molecule has 1 amide bonds. The number of para-hydroxylation sites is 1. The SMILES string of the molecule is CCNC(=NCc1ccccc1OC(F)F)NCc1ccc(C(N)=O)o1.I. The third-order valence-corrected chi connectivity index (χ3v) is 3.27. The van der Waals surface area contributed by atoms with Crippen molar-refractivity contribution in [3.05, 3.63) is 53.5 Å². The summed E-state index contributed by atoms with van der Waals surface area (Å²) in [5, 5.41) is 6.05. The average molecular weight is 494 g/mol. The molecule has 0 bridgehead atoms. The van der Waals surface area contributed by atoms with Crippen molar-refractivity contribution in [1.29, 1.82) is 0 Å². The second kappa shape index (κ2) is 11.4. The smallest absolute Gasteiger partial charge is 0.387 e. The van der Waals surface area contributed by atoms with Crippen LogP contribution in [0.25, 0.3) is 0 Å². The van der Waals surface area contributed by atoms with E-state index in [-0.39, 0.29) is 48.6 Å². The molecule has 0 atom stereocenters. The van der Waals surface area contributed by atoms with Gasteiger partial charge in [0.05, 0.1) is 13.1 Å². The van der Waals surface area contributed by atoms with E-state index >= 15 is 0 Å². The van der Waals surface area contributed by atoms with Crippen LogP contribution < -0.4 is 21.1 Å². The van der Waals surface area contributed by atoms with E-state index in [0.29, 0.717) is 23.8 Å². The van der Waals surface area contributed by atoms with Crippen LogP contribution in [0.2, 0.25) is 0 Å². The maximum absolute atomic E-state index is 12.5. The van der Waals surface area contributed by atoms with Crippen molar-refractivity contribution < 1.29 is 22.7 Å². The van der Waals surface area contributed by atoms with Crippen LogP contribution in [0.3, 0.4) is 0 Å². The van der Waals surface area contributed by atoms with E-state index in [4.69, 9.17) is 10.2 Å². The number of aliphatic imine (C=N–C) groups is 1. The van der Waals surface area contributed by atoms with E-state index in [1.807, 2.05) is 6.92 Å². The molecule has 0 saturated carbocycles. The molecule has 10 heteroatoms. The van der Waals surface area contributed by atoms with Crippen LogP contribution in [0.15, 0.2) is 45.8 Å². The first kappa shape index (κ1) is 22.7. The minimum atomic E-state index is -2.90. The highest BCUT2D eigenvalue weighted by Gasteiger charge is 2.10. The van der Waals surface area contributed by atoms with Crippen LogP contribution in [-0.4, -0.2) is 25.0 Å². The molecule has 0 fully saturated rings. The molecule has 7 nitrogen and oxygen atoms in total. The Morgan fingerprint density at radius 3 is 2.63 bits per heavy atom. The lowest BCUT2D eigenvalue weighted by atomic mass is 10.2. The van der Waals surface area contributed by atoms with E-state index in [1.165, 1.54) is 12.1 Å². The number of hydrogen-bond acceptors (Lipinski definition) is 4. The van der Waals surface area contributed by atoms with Gasteiger partial charge < -0.3 is 25.5 Å². The molecule has 0 spiro atoms. The number of guanidine groups is 1. The Morgan fingerprint density at radius 1 is 1.26 bits per heavy atom. The Morgan fingerprint density at radius 2 is 2.00 bits per heavy atom. The molecule has 0 unspecified atom stereocenters. The number of benzene rings is 1. The van der Waals surface area contributed by atoms with Gasteiger partial charge in [0.1, 0.15) is 11.5 Å². The molecule has 148 valence electrons. The average Bonchev–Trinajstić information content (AvgIpc) is 3.07. The van der Waals surface area contributed by atoms with Crippen molar-refractivity contribution in [2.45, 2.75) is 26.6 Å². The van der Waals surface area contributed by atoms with Crippen LogP contribution in [-0.2, 0) is 13.1 Å². The number of primary amides is 1. The van der Waals surface area contributed by atoms with Gasteiger partial charge in [0, 0.05) is 12.1 Å². The monoisotopic (exact) mass is 494 g/mol. The predicted molar refractivity (Wildman–Crippen MR) is 107 cm³/mol. The number of rotatable bonds is 8. The van der Waals surface area contributed by atoms with Gasteiger partial charge in [-0.3, -0.25) is 4.79 Å². The van der Waals surface area contributed by atoms with E-state index in [1.54, 1.807) is 24.3 Å². The summed E-state index contributed by atoms with van der Waals surface area (Å²) < 4.78 is 34.7. The van der Waals surface area contributed by atoms with Crippen molar-refractivity contribution >= 4 is 35.8 Å². The van der Waals surface area contributed by atoms with E-state index in [2.05, 4.69) is 20.4 Å². The van der Waals surface area contributed by atoms with Crippen LogP contribution >= 0.6 is 24.0 Å². The lowest BCUT2D eigenvalue weighted by Crippen LogP contribution is -2.36. The zero-order chi connectivity index (χ0) is 18.9. The molecule has 4 N–H and O–H groups in total. The standard InChI is InChI=1S/C17H20F2N4O3.HI/c1-2-21-17(23-10-12-7-8-14(25-12)15(20)24)22-9-11-5-3-4-6-13(11)26-16(18)19;/h3-8,16H,2,9-10H2,1H3,(H2,20,24)(H2,21,22,23);1H. The number of alkyl halides is 2. The van der Waals surface area contributed by atoms with Crippen molar-refractivity contribution in [2.75, 3.05) is 6.54 Å². The van der Waals surface area contributed by atoms with Crippen molar-refractivity contribution in [2.24, 2.45) is 10.7 Å². The Bertz CT molecular complexity index is 768. The number of carbonyl (C=O) groups is 1. The number of nitrogens with one attached hydrogen (secondary N) is 2. The van der Waals surface area contributed by atoms with Crippen molar-refractivity contribution in [3.63, 3.8) is 0 Å². The fourth-order valence-corrected chi connectivity index (χ4v) is 2.13. The topological polar surface area (TPSA) is 102 Å². The quantitative estimate of drug-likeness (QED) is 0.298. The van der Waals surface area contributed by atoms with Crippen LogP contribution in [0.5, 0.6) is 5.75 Å². The highest BCUT2D eigenvalue weighted by molar-refractivity contribution is 14.0. The van der Waals surface area contributed by atoms with Gasteiger partial charge in [0.15, 0.2) is 11.7 Å². The van der Waals surface area contributed by atoms with Gasteiger partial charge in [0.2, 0.25) is 0 Å².